The number of aliphatic carboxylic acids is 1. The van der Waals surface area contributed by atoms with E-state index in [-0.39, 0.29) is 0 Å². The van der Waals surface area contributed by atoms with E-state index >= 15 is 0 Å². The van der Waals surface area contributed by atoms with E-state index in [2.05, 4.69) is 18.7 Å². The molecule has 0 bridgehead atoms. The van der Waals surface area contributed by atoms with Crippen molar-refractivity contribution >= 4 is 5.97 Å². The Hall–Kier alpha value is -0.570. The number of rotatable bonds is 2. The molecule has 2 fully saturated rings. The molecule has 1 saturated heterocycles. The molecule has 3 nitrogen and oxygen atoms in total. The largest absolute Gasteiger partial charge is 0.480 e. The van der Waals surface area contributed by atoms with Crippen LogP contribution in [0.4, 0.5) is 0 Å². The molecular formula is C13H23NO2. The van der Waals surface area contributed by atoms with Crippen molar-refractivity contribution in [3.63, 3.8) is 0 Å². The molecule has 2 rings (SSSR count). The molecule has 1 N–H and O–H groups in total. The van der Waals surface area contributed by atoms with Crippen LogP contribution in [0.3, 0.4) is 0 Å². The van der Waals surface area contributed by atoms with E-state index in [9.17, 15) is 9.90 Å². The van der Waals surface area contributed by atoms with Crippen molar-refractivity contribution in [3.05, 3.63) is 0 Å². The lowest BCUT2D eigenvalue weighted by molar-refractivity contribution is -0.157. The SMILES string of the molecule is CC1CCCC(C)N1C1(C(=O)O)CCCC1. The normalized spacial score (nSPS) is 35.1. The van der Waals surface area contributed by atoms with Crippen molar-refractivity contribution in [1.29, 1.82) is 0 Å². The van der Waals surface area contributed by atoms with Gasteiger partial charge in [0.05, 0.1) is 0 Å². The van der Waals surface area contributed by atoms with Crippen molar-refractivity contribution in [2.24, 2.45) is 0 Å². The average Bonchev–Trinajstić information content (AvgIpc) is 2.67. The molecular weight excluding hydrogens is 202 g/mol. The first kappa shape index (κ1) is 11.9. The van der Waals surface area contributed by atoms with E-state index < -0.39 is 11.5 Å². The standard InChI is InChI=1S/C13H23NO2/c1-10-6-5-7-11(2)14(10)13(12(15)16)8-3-4-9-13/h10-11H,3-9H2,1-2H3,(H,15,16). The van der Waals surface area contributed by atoms with Gasteiger partial charge in [-0.05, 0) is 39.5 Å². The van der Waals surface area contributed by atoms with Crippen molar-refractivity contribution in [2.75, 3.05) is 0 Å². The van der Waals surface area contributed by atoms with E-state index in [1.54, 1.807) is 0 Å². The van der Waals surface area contributed by atoms with E-state index in [1.807, 2.05) is 0 Å². The van der Waals surface area contributed by atoms with Gasteiger partial charge in [-0.15, -0.1) is 0 Å². The summed E-state index contributed by atoms with van der Waals surface area (Å²) in [5, 5.41) is 9.61. The molecule has 92 valence electrons. The highest BCUT2D eigenvalue weighted by atomic mass is 16.4. The molecule has 2 atom stereocenters. The molecule has 3 heteroatoms. The van der Waals surface area contributed by atoms with Gasteiger partial charge in [0.25, 0.3) is 0 Å². The number of piperidine rings is 1. The zero-order valence-corrected chi connectivity index (χ0v) is 10.4. The predicted octanol–water partition coefficient (Wildman–Crippen LogP) is 2.65. The topological polar surface area (TPSA) is 40.5 Å². The Morgan fingerprint density at radius 3 is 2.06 bits per heavy atom. The van der Waals surface area contributed by atoms with Crippen molar-refractivity contribution in [1.82, 2.24) is 4.90 Å². The van der Waals surface area contributed by atoms with Crippen molar-refractivity contribution < 1.29 is 9.90 Å². The summed E-state index contributed by atoms with van der Waals surface area (Å²) in [5.74, 6) is -0.592. The molecule has 0 amide bonds. The third kappa shape index (κ3) is 1.75. The van der Waals surface area contributed by atoms with Gasteiger partial charge < -0.3 is 5.11 Å². The van der Waals surface area contributed by atoms with Gasteiger partial charge in [-0.2, -0.15) is 0 Å². The number of hydrogen-bond donors (Lipinski definition) is 1. The maximum absolute atomic E-state index is 11.7. The highest BCUT2D eigenvalue weighted by molar-refractivity contribution is 5.79. The van der Waals surface area contributed by atoms with Gasteiger partial charge in [-0.1, -0.05) is 19.3 Å². The smallest absolute Gasteiger partial charge is 0.324 e. The summed E-state index contributed by atoms with van der Waals surface area (Å²) in [6.07, 6.45) is 7.38. The van der Waals surface area contributed by atoms with Crippen LogP contribution in [0.2, 0.25) is 0 Å². The Balaban J connectivity index is 2.27. The highest BCUT2D eigenvalue weighted by Crippen LogP contribution is 2.41. The van der Waals surface area contributed by atoms with Crippen LogP contribution >= 0.6 is 0 Å². The van der Waals surface area contributed by atoms with Gasteiger partial charge in [0.2, 0.25) is 0 Å². The number of likely N-dealkylation sites (tertiary alicyclic amines) is 1. The van der Waals surface area contributed by atoms with E-state index in [1.165, 1.54) is 6.42 Å². The molecule has 0 aromatic rings. The summed E-state index contributed by atoms with van der Waals surface area (Å²) in [6.45, 7) is 4.39. The third-order valence-electron chi connectivity index (χ3n) is 4.52. The second-order valence-electron chi connectivity index (χ2n) is 5.58. The van der Waals surface area contributed by atoms with Crippen LogP contribution in [0.15, 0.2) is 0 Å². The number of carboxylic acids is 1. The molecule has 2 aliphatic rings. The Morgan fingerprint density at radius 2 is 1.62 bits per heavy atom. The number of nitrogens with zero attached hydrogens (tertiary/aromatic N) is 1. The fraction of sp³-hybridized carbons (Fsp3) is 0.923. The first-order valence-corrected chi connectivity index (χ1v) is 6.60. The molecule has 1 aliphatic carbocycles. The first-order chi connectivity index (χ1) is 7.58. The molecule has 2 unspecified atom stereocenters. The van der Waals surface area contributed by atoms with Crippen LogP contribution in [0.5, 0.6) is 0 Å². The van der Waals surface area contributed by atoms with E-state index in [4.69, 9.17) is 0 Å². The first-order valence-electron chi connectivity index (χ1n) is 6.60. The van der Waals surface area contributed by atoms with Crippen LogP contribution in [0.25, 0.3) is 0 Å². The molecule has 16 heavy (non-hydrogen) atoms. The monoisotopic (exact) mass is 225 g/mol. The lowest BCUT2D eigenvalue weighted by atomic mass is 9.86. The van der Waals surface area contributed by atoms with Crippen LogP contribution in [0, 0.1) is 0 Å². The van der Waals surface area contributed by atoms with Crippen LogP contribution in [-0.2, 0) is 4.79 Å². The zero-order valence-electron chi connectivity index (χ0n) is 10.4. The third-order valence-corrected chi connectivity index (χ3v) is 4.52. The quantitative estimate of drug-likeness (QED) is 0.785. The summed E-state index contributed by atoms with van der Waals surface area (Å²) >= 11 is 0. The Kier molecular flexibility index (Phi) is 3.24. The summed E-state index contributed by atoms with van der Waals surface area (Å²) in [4.78, 5) is 14.0. The molecule has 0 spiro atoms. The molecule has 1 saturated carbocycles. The maximum Gasteiger partial charge on any atom is 0.324 e. The second kappa shape index (κ2) is 4.36. The van der Waals surface area contributed by atoms with Gasteiger partial charge in [0.1, 0.15) is 5.54 Å². The lowest BCUT2D eigenvalue weighted by Crippen LogP contribution is -2.61. The number of hydrogen-bond acceptors (Lipinski definition) is 2. The van der Waals surface area contributed by atoms with Gasteiger partial charge in [0, 0.05) is 12.1 Å². The van der Waals surface area contributed by atoms with E-state index in [0.29, 0.717) is 12.1 Å². The Morgan fingerprint density at radius 1 is 1.12 bits per heavy atom. The van der Waals surface area contributed by atoms with Crippen molar-refractivity contribution in [2.45, 2.75) is 76.4 Å². The molecule has 0 aromatic heterocycles. The fourth-order valence-corrected chi connectivity index (χ4v) is 3.81. The van der Waals surface area contributed by atoms with Gasteiger partial charge in [0.15, 0.2) is 0 Å². The minimum absolute atomic E-state index is 0.429. The van der Waals surface area contributed by atoms with Gasteiger partial charge in [-0.3, -0.25) is 9.69 Å². The number of carboxylic acid groups (broad SMARTS) is 1. The Labute approximate surface area is 97.8 Å². The minimum atomic E-state index is -0.592. The highest BCUT2D eigenvalue weighted by Gasteiger charge is 2.50. The molecule has 1 heterocycles. The molecule has 0 radical (unpaired) electrons. The molecule has 0 aromatic carbocycles. The minimum Gasteiger partial charge on any atom is -0.480 e. The van der Waals surface area contributed by atoms with Crippen LogP contribution in [-0.4, -0.2) is 33.6 Å². The zero-order chi connectivity index (χ0) is 11.8. The second-order valence-corrected chi connectivity index (χ2v) is 5.58. The fourth-order valence-electron chi connectivity index (χ4n) is 3.81. The van der Waals surface area contributed by atoms with Crippen molar-refractivity contribution in [3.8, 4) is 0 Å². The predicted molar refractivity (Wildman–Crippen MR) is 63.4 cm³/mol. The summed E-state index contributed by atoms with van der Waals surface area (Å²) < 4.78 is 0. The number of carbonyl (C=O) groups is 1. The summed E-state index contributed by atoms with van der Waals surface area (Å²) in [5.41, 5.74) is -0.542. The maximum atomic E-state index is 11.7. The summed E-state index contributed by atoms with van der Waals surface area (Å²) in [6, 6.07) is 0.857. The van der Waals surface area contributed by atoms with Gasteiger partial charge >= 0.3 is 5.97 Å². The Bertz CT molecular complexity index is 261. The van der Waals surface area contributed by atoms with Crippen LogP contribution in [0.1, 0.15) is 58.8 Å². The van der Waals surface area contributed by atoms with E-state index in [0.717, 1.165) is 38.5 Å². The lowest BCUT2D eigenvalue weighted by Gasteiger charge is -2.48. The van der Waals surface area contributed by atoms with Gasteiger partial charge in [-0.25, -0.2) is 0 Å². The average molecular weight is 225 g/mol. The molecule has 1 aliphatic heterocycles. The summed E-state index contributed by atoms with van der Waals surface area (Å²) in [7, 11) is 0. The van der Waals surface area contributed by atoms with Crippen LogP contribution < -0.4 is 0 Å².